The average molecular weight is 779 g/mol. The first-order chi connectivity index (χ1) is 26.9. The molecule has 0 fully saturated rings. The molecule has 0 radical (unpaired) electrons. The maximum absolute atomic E-state index is 12.5. The fraction of sp³-hybridized carbons (Fsp3) is 0.961. The van der Waals surface area contributed by atoms with Crippen molar-refractivity contribution in [3.63, 3.8) is 0 Å². The van der Waals surface area contributed by atoms with Crippen molar-refractivity contribution < 1.29 is 19.1 Å². The molecular formula is C51H102O4. The molecule has 4 nitrogen and oxygen atoms in total. The Morgan fingerprint density at radius 2 is 0.527 bits per heavy atom. The Morgan fingerprint density at radius 3 is 0.782 bits per heavy atom. The van der Waals surface area contributed by atoms with Crippen molar-refractivity contribution in [1.82, 2.24) is 0 Å². The number of rotatable bonds is 43. The third kappa shape index (κ3) is 50.9. The summed E-state index contributed by atoms with van der Waals surface area (Å²) in [5, 5.41) is 0. The van der Waals surface area contributed by atoms with Crippen LogP contribution in [0.5, 0.6) is 0 Å². The minimum Gasteiger partial charge on any atom is -0.463 e. The summed E-state index contributed by atoms with van der Waals surface area (Å²) in [7, 11) is 0. The predicted octanol–water partition coefficient (Wildman–Crippen LogP) is 17.9. The van der Waals surface area contributed by atoms with Gasteiger partial charge in [-0.2, -0.15) is 0 Å². The van der Waals surface area contributed by atoms with Crippen molar-refractivity contribution in [2.45, 2.75) is 317 Å². The molecule has 0 bridgehead atoms. The number of ether oxygens (including phenoxy) is 2. The summed E-state index contributed by atoms with van der Waals surface area (Å²) < 4.78 is 11.1. The van der Waals surface area contributed by atoms with Gasteiger partial charge in [-0.05, 0) is 52.4 Å². The molecule has 1 atom stereocenters. The lowest BCUT2D eigenvalue weighted by Crippen LogP contribution is -2.18. The Morgan fingerprint density at radius 1 is 0.309 bits per heavy atom. The first kappa shape index (κ1) is 56.0. The molecule has 4 heteroatoms. The fourth-order valence-electron chi connectivity index (χ4n) is 7.53. The number of carbonyl (C=O) groups excluding carboxylic acids is 2. The van der Waals surface area contributed by atoms with Gasteiger partial charge in [-0.15, -0.1) is 0 Å². The van der Waals surface area contributed by atoms with E-state index in [0.29, 0.717) is 12.8 Å². The maximum atomic E-state index is 12.5. The van der Waals surface area contributed by atoms with Crippen molar-refractivity contribution in [1.29, 1.82) is 0 Å². The Bertz CT molecular complexity index is 734. The summed E-state index contributed by atoms with van der Waals surface area (Å²) in [4.78, 5) is 23.8. The van der Waals surface area contributed by atoms with Gasteiger partial charge in [-0.25, -0.2) is 0 Å². The van der Waals surface area contributed by atoms with Crippen LogP contribution < -0.4 is 0 Å². The van der Waals surface area contributed by atoms with Crippen LogP contribution in [0.3, 0.4) is 0 Å². The number of hydrogen-bond acceptors (Lipinski definition) is 4. The standard InChI is InChI=1S/C34H68O2.C17H34O2/c1-4-7-10-13-16-18-19-21-23-26-29-32-34(35)36-33(30-27-24-15-12-9-6-3)31-28-25-22-20-17-14-11-8-5-2;1-4-5-6-7-8-9-10-11-12-13-14-15-17(18)19-16(2)3/h33H,4-32H2,1-3H3;16H,4-15H2,1-3H3. The van der Waals surface area contributed by atoms with Crippen molar-refractivity contribution in [3.8, 4) is 0 Å². The average Bonchev–Trinajstić information content (AvgIpc) is 3.16. The summed E-state index contributed by atoms with van der Waals surface area (Å²) >= 11 is 0. The summed E-state index contributed by atoms with van der Waals surface area (Å²) in [5.41, 5.74) is 0. The molecule has 0 saturated carbocycles. The number of carbonyl (C=O) groups is 2. The summed E-state index contributed by atoms with van der Waals surface area (Å²) in [6.45, 7) is 12.9. The maximum Gasteiger partial charge on any atom is 0.306 e. The number of hydrogen-bond donors (Lipinski definition) is 0. The number of esters is 2. The van der Waals surface area contributed by atoms with Gasteiger partial charge in [0.1, 0.15) is 6.10 Å². The second-order valence-electron chi connectivity index (χ2n) is 17.4. The lowest BCUT2D eigenvalue weighted by molar-refractivity contribution is -0.150. The van der Waals surface area contributed by atoms with E-state index in [2.05, 4.69) is 27.7 Å². The van der Waals surface area contributed by atoms with Crippen LogP contribution >= 0.6 is 0 Å². The molecule has 0 saturated heterocycles. The van der Waals surface area contributed by atoms with E-state index >= 15 is 0 Å². The molecule has 0 aromatic carbocycles. The van der Waals surface area contributed by atoms with Gasteiger partial charge in [0.2, 0.25) is 0 Å². The van der Waals surface area contributed by atoms with Crippen molar-refractivity contribution in [2.24, 2.45) is 0 Å². The fourth-order valence-corrected chi connectivity index (χ4v) is 7.53. The Labute approximate surface area is 347 Å². The molecule has 0 aromatic heterocycles. The molecule has 0 amide bonds. The zero-order chi connectivity index (χ0) is 40.7. The van der Waals surface area contributed by atoms with E-state index in [1.54, 1.807) is 0 Å². The summed E-state index contributed by atoms with van der Waals surface area (Å²) in [6.07, 6.45) is 52.6. The lowest BCUT2D eigenvalue weighted by Gasteiger charge is -2.18. The third-order valence-corrected chi connectivity index (χ3v) is 11.1. The Balaban J connectivity index is 0. The zero-order valence-corrected chi connectivity index (χ0v) is 38.8. The van der Waals surface area contributed by atoms with Gasteiger partial charge < -0.3 is 9.47 Å². The van der Waals surface area contributed by atoms with Crippen molar-refractivity contribution >= 4 is 11.9 Å². The largest absolute Gasteiger partial charge is 0.463 e. The Kier molecular flexibility index (Phi) is 50.0. The van der Waals surface area contributed by atoms with Crippen LogP contribution in [0.2, 0.25) is 0 Å². The SMILES string of the molecule is CCCCCCCCCCCCCC(=O)OC(C)C.CCCCCCCCCCCCCC(=O)OC(CCCCCCCC)CCCCCCCCCCC. The van der Waals surface area contributed by atoms with Gasteiger partial charge >= 0.3 is 11.9 Å². The van der Waals surface area contributed by atoms with Gasteiger partial charge in [0.25, 0.3) is 0 Å². The van der Waals surface area contributed by atoms with Crippen LogP contribution in [0.4, 0.5) is 0 Å². The normalized spacial score (nSPS) is 11.8. The smallest absolute Gasteiger partial charge is 0.306 e. The molecule has 0 spiro atoms. The number of unbranched alkanes of at least 4 members (excludes halogenated alkanes) is 33. The molecule has 0 heterocycles. The topological polar surface area (TPSA) is 52.6 Å². The summed E-state index contributed by atoms with van der Waals surface area (Å²) in [6, 6.07) is 0. The molecule has 330 valence electrons. The van der Waals surface area contributed by atoms with Crippen LogP contribution in [0.15, 0.2) is 0 Å². The van der Waals surface area contributed by atoms with Gasteiger partial charge in [0.15, 0.2) is 0 Å². The zero-order valence-electron chi connectivity index (χ0n) is 38.8. The third-order valence-electron chi connectivity index (χ3n) is 11.1. The first-order valence-electron chi connectivity index (χ1n) is 25.3. The molecule has 0 aliphatic rings. The molecule has 0 rings (SSSR count). The monoisotopic (exact) mass is 779 g/mol. The molecule has 0 N–H and O–H groups in total. The minimum atomic E-state index is -0.0362. The van der Waals surface area contributed by atoms with Crippen LogP contribution in [-0.2, 0) is 19.1 Å². The quantitative estimate of drug-likeness (QED) is 0.0457. The highest BCUT2D eigenvalue weighted by molar-refractivity contribution is 5.69. The molecule has 0 aliphatic carbocycles. The van der Waals surface area contributed by atoms with E-state index in [-0.39, 0.29) is 24.1 Å². The molecule has 1 unspecified atom stereocenters. The molecule has 55 heavy (non-hydrogen) atoms. The van der Waals surface area contributed by atoms with E-state index in [1.165, 1.54) is 225 Å². The highest BCUT2D eigenvalue weighted by atomic mass is 16.5. The van der Waals surface area contributed by atoms with Crippen LogP contribution in [-0.4, -0.2) is 24.1 Å². The highest BCUT2D eigenvalue weighted by Gasteiger charge is 2.14. The lowest BCUT2D eigenvalue weighted by atomic mass is 10.0. The molecule has 0 aromatic rings. The van der Waals surface area contributed by atoms with E-state index < -0.39 is 0 Å². The Hall–Kier alpha value is -1.06. The van der Waals surface area contributed by atoms with Crippen molar-refractivity contribution in [3.05, 3.63) is 0 Å². The highest BCUT2D eigenvalue weighted by Crippen LogP contribution is 2.19. The second-order valence-corrected chi connectivity index (χ2v) is 17.4. The van der Waals surface area contributed by atoms with Crippen LogP contribution in [0.1, 0.15) is 305 Å². The van der Waals surface area contributed by atoms with E-state index in [0.717, 1.165) is 25.7 Å². The minimum absolute atomic E-state index is 0.0280. The van der Waals surface area contributed by atoms with Gasteiger partial charge in [-0.1, -0.05) is 240 Å². The van der Waals surface area contributed by atoms with Gasteiger partial charge in [0.05, 0.1) is 6.10 Å². The van der Waals surface area contributed by atoms with E-state index in [4.69, 9.17) is 9.47 Å². The second kappa shape index (κ2) is 49.1. The van der Waals surface area contributed by atoms with Crippen LogP contribution in [0.25, 0.3) is 0 Å². The molecule has 0 aliphatic heterocycles. The van der Waals surface area contributed by atoms with E-state index in [1.807, 2.05) is 13.8 Å². The predicted molar refractivity (Wildman–Crippen MR) is 243 cm³/mol. The van der Waals surface area contributed by atoms with Gasteiger partial charge in [0, 0.05) is 12.8 Å². The van der Waals surface area contributed by atoms with E-state index in [9.17, 15) is 9.59 Å². The van der Waals surface area contributed by atoms with Gasteiger partial charge in [-0.3, -0.25) is 9.59 Å². The molecular weight excluding hydrogens is 677 g/mol. The van der Waals surface area contributed by atoms with Crippen LogP contribution in [0, 0.1) is 0 Å². The first-order valence-corrected chi connectivity index (χ1v) is 25.3. The summed E-state index contributed by atoms with van der Waals surface area (Å²) in [5.74, 6) is 0.0313. The van der Waals surface area contributed by atoms with Crippen molar-refractivity contribution in [2.75, 3.05) is 0 Å².